The first-order valence-electron chi connectivity index (χ1n) is 7.66. The van der Waals surface area contributed by atoms with E-state index in [1.54, 1.807) is 11.8 Å². The Balaban J connectivity index is 1.89. The number of aromatic nitrogens is 3. The molecule has 1 aromatic heterocycles. The Morgan fingerprint density at radius 1 is 1.24 bits per heavy atom. The number of aliphatic hydroxyl groups excluding tert-OH is 1. The van der Waals surface area contributed by atoms with Crippen molar-refractivity contribution in [3.05, 3.63) is 35.7 Å². The first kappa shape index (κ1) is 14.6. The van der Waals surface area contributed by atoms with Gasteiger partial charge in [-0.1, -0.05) is 31.5 Å². The number of aryl methyl sites for hydroxylation is 1. The standard InChI is InChI=1S/C16H21N3OS/c1-2-13(20)12-8-5-6-9-14(12)21-16-18-17-15-10-4-3-7-11-19(15)16/h5-6,8-9,13,20H,2-4,7,10-11H2,1H3/t13-/m0/s1. The van der Waals surface area contributed by atoms with Crippen molar-refractivity contribution in [1.29, 1.82) is 0 Å². The van der Waals surface area contributed by atoms with E-state index in [0.29, 0.717) is 0 Å². The van der Waals surface area contributed by atoms with Crippen LogP contribution in [-0.2, 0) is 13.0 Å². The van der Waals surface area contributed by atoms with Crippen molar-refractivity contribution in [2.24, 2.45) is 0 Å². The third-order valence-corrected chi connectivity index (χ3v) is 5.02. The fourth-order valence-electron chi connectivity index (χ4n) is 2.70. The number of nitrogens with zero attached hydrogens (tertiary/aromatic N) is 3. The van der Waals surface area contributed by atoms with Gasteiger partial charge in [-0.25, -0.2) is 0 Å². The van der Waals surface area contributed by atoms with E-state index in [4.69, 9.17) is 0 Å². The van der Waals surface area contributed by atoms with Crippen LogP contribution in [0.3, 0.4) is 0 Å². The number of aliphatic hydroxyl groups is 1. The Kier molecular flexibility index (Phi) is 4.60. The van der Waals surface area contributed by atoms with E-state index in [1.165, 1.54) is 19.3 Å². The number of rotatable bonds is 4. The molecule has 0 spiro atoms. The summed E-state index contributed by atoms with van der Waals surface area (Å²) in [5, 5.41) is 19.8. The molecule has 1 atom stereocenters. The van der Waals surface area contributed by atoms with Gasteiger partial charge in [-0.2, -0.15) is 0 Å². The largest absolute Gasteiger partial charge is 0.388 e. The minimum absolute atomic E-state index is 0.416. The second-order valence-electron chi connectivity index (χ2n) is 5.43. The molecule has 0 saturated carbocycles. The monoisotopic (exact) mass is 303 g/mol. The molecule has 1 N–H and O–H groups in total. The van der Waals surface area contributed by atoms with Gasteiger partial charge in [0.1, 0.15) is 5.82 Å². The lowest BCUT2D eigenvalue weighted by molar-refractivity contribution is 0.171. The van der Waals surface area contributed by atoms with E-state index < -0.39 is 6.10 Å². The van der Waals surface area contributed by atoms with Crippen LogP contribution in [0.2, 0.25) is 0 Å². The van der Waals surface area contributed by atoms with Crippen molar-refractivity contribution in [2.75, 3.05) is 0 Å². The summed E-state index contributed by atoms with van der Waals surface area (Å²) in [7, 11) is 0. The molecule has 5 heteroatoms. The van der Waals surface area contributed by atoms with Gasteiger partial charge < -0.3 is 9.67 Å². The van der Waals surface area contributed by atoms with Crippen LogP contribution in [0.15, 0.2) is 34.3 Å². The predicted octanol–water partition coefficient (Wildman–Crippen LogP) is 3.60. The lowest BCUT2D eigenvalue weighted by Gasteiger charge is -2.13. The highest BCUT2D eigenvalue weighted by Crippen LogP contribution is 2.34. The lowest BCUT2D eigenvalue weighted by atomic mass is 10.1. The number of fused-ring (bicyclic) bond motifs is 1. The van der Waals surface area contributed by atoms with Gasteiger partial charge in [-0.05, 0) is 42.7 Å². The van der Waals surface area contributed by atoms with Crippen molar-refractivity contribution in [3.8, 4) is 0 Å². The summed E-state index contributed by atoms with van der Waals surface area (Å²) < 4.78 is 2.24. The minimum atomic E-state index is -0.416. The van der Waals surface area contributed by atoms with E-state index in [9.17, 15) is 5.11 Å². The Bertz CT molecular complexity index is 611. The molecule has 0 amide bonds. The van der Waals surface area contributed by atoms with Gasteiger partial charge in [0.15, 0.2) is 5.16 Å². The molecule has 0 saturated heterocycles. The average molecular weight is 303 g/mol. The summed E-state index contributed by atoms with van der Waals surface area (Å²) >= 11 is 1.62. The molecule has 2 aromatic rings. The molecule has 4 nitrogen and oxygen atoms in total. The van der Waals surface area contributed by atoms with Gasteiger partial charge in [0.25, 0.3) is 0 Å². The first-order valence-corrected chi connectivity index (χ1v) is 8.48. The van der Waals surface area contributed by atoms with Gasteiger partial charge in [-0.3, -0.25) is 0 Å². The van der Waals surface area contributed by atoms with Crippen LogP contribution in [-0.4, -0.2) is 19.9 Å². The zero-order valence-electron chi connectivity index (χ0n) is 12.3. The van der Waals surface area contributed by atoms with E-state index >= 15 is 0 Å². The molecule has 0 fully saturated rings. The quantitative estimate of drug-likeness (QED) is 0.937. The predicted molar refractivity (Wildman–Crippen MR) is 83.4 cm³/mol. The summed E-state index contributed by atoms with van der Waals surface area (Å²) in [6.45, 7) is 3.00. The summed E-state index contributed by atoms with van der Waals surface area (Å²) in [6, 6.07) is 8.03. The second-order valence-corrected chi connectivity index (χ2v) is 6.43. The molecule has 0 unspecified atom stereocenters. The molecule has 0 bridgehead atoms. The van der Waals surface area contributed by atoms with Crippen LogP contribution in [0.5, 0.6) is 0 Å². The van der Waals surface area contributed by atoms with Gasteiger partial charge in [0.2, 0.25) is 0 Å². The molecule has 0 aliphatic carbocycles. The Morgan fingerprint density at radius 2 is 2.10 bits per heavy atom. The third-order valence-electron chi connectivity index (χ3n) is 3.94. The highest BCUT2D eigenvalue weighted by atomic mass is 32.2. The Labute approximate surface area is 129 Å². The van der Waals surface area contributed by atoms with Gasteiger partial charge in [0, 0.05) is 17.9 Å². The van der Waals surface area contributed by atoms with Gasteiger partial charge in [-0.15, -0.1) is 10.2 Å². The highest BCUT2D eigenvalue weighted by molar-refractivity contribution is 7.99. The van der Waals surface area contributed by atoms with Crippen molar-refractivity contribution in [2.45, 2.75) is 61.7 Å². The minimum Gasteiger partial charge on any atom is -0.388 e. The molecular weight excluding hydrogens is 282 g/mol. The molecule has 1 aliphatic rings. The van der Waals surface area contributed by atoms with Crippen molar-refractivity contribution in [1.82, 2.24) is 14.8 Å². The Hall–Kier alpha value is -1.33. The number of benzene rings is 1. The fourth-order valence-corrected chi connectivity index (χ4v) is 3.75. The molecule has 112 valence electrons. The summed E-state index contributed by atoms with van der Waals surface area (Å²) in [4.78, 5) is 1.08. The van der Waals surface area contributed by atoms with E-state index in [0.717, 1.165) is 40.8 Å². The van der Waals surface area contributed by atoms with Gasteiger partial charge >= 0.3 is 0 Å². The SMILES string of the molecule is CC[C@H](O)c1ccccc1Sc1nnc2n1CCCCC2. The summed E-state index contributed by atoms with van der Waals surface area (Å²) in [6.07, 6.45) is 4.98. The second kappa shape index (κ2) is 6.62. The van der Waals surface area contributed by atoms with E-state index in [-0.39, 0.29) is 0 Å². The van der Waals surface area contributed by atoms with Crippen LogP contribution in [0, 0.1) is 0 Å². The number of hydrogen-bond donors (Lipinski definition) is 1. The van der Waals surface area contributed by atoms with E-state index in [2.05, 4.69) is 20.8 Å². The summed E-state index contributed by atoms with van der Waals surface area (Å²) in [5.74, 6) is 1.10. The van der Waals surface area contributed by atoms with E-state index in [1.807, 2.05) is 25.1 Å². The molecule has 3 rings (SSSR count). The molecule has 1 aliphatic heterocycles. The normalized spacial score (nSPS) is 16.3. The molecular formula is C16H21N3OS. The zero-order chi connectivity index (χ0) is 14.7. The maximum atomic E-state index is 10.2. The van der Waals surface area contributed by atoms with Crippen molar-refractivity contribution in [3.63, 3.8) is 0 Å². The molecule has 2 heterocycles. The third kappa shape index (κ3) is 3.14. The topological polar surface area (TPSA) is 50.9 Å². The number of hydrogen-bond acceptors (Lipinski definition) is 4. The molecule has 21 heavy (non-hydrogen) atoms. The fraction of sp³-hybridized carbons (Fsp3) is 0.500. The van der Waals surface area contributed by atoms with Crippen LogP contribution in [0.25, 0.3) is 0 Å². The maximum absolute atomic E-state index is 10.2. The van der Waals surface area contributed by atoms with Crippen molar-refractivity contribution >= 4 is 11.8 Å². The zero-order valence-corrected chi connectivity index (χ0v) is 13.1. The first-order chi connectivity index (χ1) is 10.3. The average Bonchev–Trinajstić information content (AvgIpc) is 2.74. The molecule has 0 radical (unpaired) electrons. The maximum Gasteiger partial charge on any atom is 0.196 e. The smallest absolute Gasteiger partial charge is 0.196 e. The van der Waals surface area contributed by atoms with Crippen LogP contribution in [0.4, 0.5) is 0 Å². The van der Waals surface area contributed by atoms with Crippen LogP contribution in [0.1, 0.15) is 50.1 Å². The van der Waals surface area contributed by atoms with Crippen LogP contribution >= 0.6 is 11.8 Å². The molecule has 1 aromatic carbocycles. The van der Waals surface area contributed by atoms with Gasteiger partial charge in [0.05, 0.1) is 6.10 Å². The lowest BCUT2D eigenvalue weighted by Crippen LogP contribution is -2.03. The highest BCUT2D eigenvalue weighted by Gasteiger charge is 2.18. The van der Waals surface area contributed by atoms with Crippen LogP contribution < -0.4 is 0 Å². The van der Waals surface area contributed by atoms with Crippen molar-refractivity contribution < 1.29 is 5.11 Å². The summed E-state index contributed by atoms with van der Waals surface area (Å²) in [5.41, 5.74) is 0.982. The Morgan fingerprint density at radius 3 is 2.95 bits per heavy atom.